The van der Waals surface area contributed by atoms with Crippen LogP contribution in [0.25, 0.3) is 0 Å². The van der Waals surface area contributed by atoms with Crippen LogP contribution in [0, 0.1) is 6.92 Å². The molecule has 1 aromatic carbocycles. The second-order valence-electron chi connectivity index (χ2n) is 2.49. The van der Waals surface area contributed by atoms with E-state index in [2.05, 4.69) is 10.5 Å². The summed E-state index contributed by atoms with van der Waals surface area (Å²) in [7, 11) is 0. The molecule has 0 saturated heterocycles. The topological polar surface area (TPSA) is 76.4 Å². The second kappa shape index (κ2) is 17.8. The van der Waals surface area contributed by atoms with Gasteiger partial charge in [0.15, 0.2) is 5.84 Å². The molecule has 0 bridgehead atoms. The molecule has 0 spiro atoms. The SMILES string of the molecule is CC.CC.CC.Cc1ccc(/C(=N/N)NN)cc1. The Kier molecular flexibility index (Phi) is 21.5. The van der Waals surface area contributed by atoms with Crippen LogP contribution in [0.3, 0.4) is 0 Å². The van der Waals surface area contributed by atoms with Crippen molar-refractivity contribution in [1.82, 2.24) is 5.43 Å². The van der Waals surface area contributed by atoms with Gasteiger partial charge in [0.2, 0.25) is 0 Å². The largest absolute Gasteiger partial charge is 0.321 e. The zero-order chi connectivity index (χ0) is 15.0. The van der Waals surface area contributed by atoms with Crippen molar-refractivity contribution in [2.75, 3.05) is 0 Å². The van der Waals surface area contributed by atoms with E-state index in [4.69, 9.17) is 11.7 Å². The number of nitrogens with zero attached hydrogens (tertiary/aromatic N) is 1. The fraction of sp³-hybridized carbons (Fsp3) is 0.500. The van der Waals surface area contributed by atoms with Gasteiger partial charge in [-0.25, -0.2) is 5.84 Å². The van der Waals surface area contributed by atoms with E-state index in [1.54, 1.807) is 0 Å². The van der Waals surface area contributed by atoms with Gasteiger partial charge in [-0.1, -0.05) is 71.4 Å². The molecule has 0 aromatic heterocycles. The van der Waals surface area contributed by atoms with Gasteiger partial charge < -0.3 is 11.3 Å². The van der Waals surface area contributed by atoms with Crippen LogP contribution in [0.15, 0.2) is 29.4 Å². The van der Waals surface area contributed by atoms with Gasteiger partial charge in [-0.15, -0.1) is 0 Å². The van der Waals surface area contributed by atoms with E-state index >= 15 is 0 Å². The number of nitrogens with one attached hydrogen (secondary N) is 1. The van der Waals surface area contributed by atoms with Crippen LogP contribution in [0.1, 0.15) is 52.7 Å². The molecule has 106 valence electrons. The van der Waals surface area contributed by atoms with Gasteiger partial charge >= 0.3 is 0 Å². The fourth-order valence-electron chi connectivity index (χ4n) is 0.907. The Hall–Kier alpha value is -1.55. The van der Waals surface area contributed by atoms with Crippen LogP contribution in [0.4, 0.5) is 0 Å². The van der Waals surface area contributed by atoms with Crippen molar-refractivity contribution >= 4 is 5.84 Å². The molecule has 5 N–H and O–H groups in total. The molecule has 0 fully saturated rings. The maximum Gasteiger partial charge on any atom is 0.166 e. The smallest absolute Gasteiger partial charge is 0.166 e. The van der Waals surface area contributed by atoms with Gasteiger partial charge in [-0.05, 0) is 6.92 Å². The highest BCUT2D eigenvalue weighted by atomic mass is 15.3. The van der Waals surface area contributed by atoms with Crippen LogP contribution in [-0.2, 0) is 0 Å². The van der Waals surface area contributed by atoms with Crippen molar-refractivity contribution in [3.05, 3.63) is 35.4 Å². The molecule has 1 rings (SSSR count). The van der Waals surface area contributed by atoms with Gasteiger partial charge in [-0.3, -0.25) is 0 Å². The van der Waals surface area contributed by atoms with E-state index in [9.17, 15) is 0 Å². The van der Waals surface area contributed by atoms with Crippen molar-refractivity contribution < 1.29 is 0 Å². The molecule has 1 aromatic rings. The first-order valence-electron chi connectivity index (χ1n) is 6.59. The van der Waals surface area contributed by atoms with E-state index < -0.39 is 0 Å². The van der Waals surface area contributed by atoms with Crippen LogP contribution in [0.5, 0.6) is 0 Å². The summed E-state index contributed by atoms with van der Waals surface area (Å²) in [5.74, 6) is 10.8. The molecule has 0 heterocycles. The summed E-state index contributed by atoms with van der Waals surface area (Å²) in [5, 5.41) is 3.49. The number of hydrazone groups is 1. The minimum absolute atomic E-state index is 0.481. The number of rotatable bonds is 1. The number of nitrogens with two attached hydrogens (primary N) is 2. The van der Waals surface area contributed by atoms with Crippen LogP contribution >= 0.6 is 0 Å². The quantitative estimate of drug-likeness (QED) is 0.312. The average Bonchev–Trinajstić information content (AvgIpc) is 2.48. The van der Waals surface area contributed by atoms with Crippen molar-refractivity contribution in [3.8, 4) is 0 Å². The van der Waals surface area contributed by atoms with E-state index in [0.29, 0.717) is 5.84 Å². The average molecular weight is 254 g/mol. The lowest BCUT2D eigenvalue weighted by Gasteiger charge is -2.03. The molecule has 4 nitrogen and oxygen atoms in total. The number of aryl methyl sites for hydroxylation is 1. The monoisotopic (exact) mass is 254 g/mol. The molecular formula is C14H30N4. The number of hydrazine groups is 1. The number of benzene rings is 1. The molecular weight excluding hydrogens is 224 g/mol. The van der Waals surface area contributed by atoms with Crippen molar-refractivity contribution in [2.45, 2.75) is 48.5 Å². The molecule has 0 atom stereocenters. The van der Waals surface area contributed by atoms with Crippen LogP contribution in [0.2, 0.25) is 0 Å². The minimum Gasteiger partial charge on any atom is -0.321 e. The predicted octanol–water partition coefficient (Wildman–Crippen LogP) is 3.16. The third kappa shape index (κ3) is 9.66. The third-order valence-electron chi connectivity index (χ3n) is 1.59. The summed E-state index contributed by atoms with van der Waals surface area (Å²) < 4.78 is 0. The minimum atomic E-state index is 0.481. The highest BCUT2D eigenvalue weighted by molar-refractivity contribution is 5.98. The Balaban J connectivity index is -0.000000328. The van der Waals surface area contributed by atoms with E-state index in [-0.39, 0.29) is 0 Å². The summed E-state index contributed by atoms with van der Waals surface area (Å²) in [6.07, 6.45) is 0. The zero-order valence-electron chi connectivity index (χ0n) is 12.9. The fourth-order valence-corrected chi connectivity index (χ4v) is 0.907. The van der Waals surface area contributed by atoms with E-state index in [1.807, 2.05) is 72.7 Å². The lowest BCUT2D eigenvalue weighted by Crippen LogP contribution is -2.31. The summed E-state index contributed by atoms with van der Waals surface area (Å²) in [4.78, 5) is 0. The first kappa shape index (κ1) is 21.7. The molecule has 4 heteroatoms. The second-order valence-corrected chi connectivity index (χ2v) is 2.49. The first-order valence-corrected chi connectivity index (χ1v) is 6.59. The summed E-state index contributed by atoms with van der Waals surface area (Å²) in [6, 6.07) is 7.75. The standard InChI is InChI=1S/C8H12N4.3C2H6/c1-6-2-4-7(5-3-6)8(11-9)12-10;3*1-2/h2-5H,9-10H2,1H3,(H,11,12);3*1-2H3. The highest BCUT2D eigenvalue weighted by Gasteiger charge is 1.98. The number of amidine groups is 1. The van der Waals surface area contributed by atoms with Gasteiger partial charge in [0, 0.05) is 5.56 Å². The maximum absolute atomic E-state index is 5.19. The van der Waals surface area contributed by atoms with Crippen molar-refractivity contribution in [2.24, 2.45) is 16.8 Å². The third-order valence-corrected chi connectivity index (χ3v) is 1.59. The number of hydrogen-bond donors (Lipinski definition) is 3. The summed E-state index contributed by atoms with van der Waals surface area (Å²) in [5.41, 5.74) is 4.48. The van der Waals surface area contributed by atoms with Crippen molar-refractivity contribution in [3.63, 3.8) is 0 Å². The zero-order valence-corrected chi connectivity index (χ0v) is 12.9. The predicted molar refractivity (Wildman–Crippen MR) is 83.3 cm³/mol. The first-order chi connectivity index (χ1) is 8.77. The van der Waals surface area contributed by atoms with Crippen LogP contribution < -0.4 is 17.1 Å². The lowest BCUT2D eigenvalue weighted by atomic mass is 10.1. The lowest BCUT2D eigenvalue weighted by molar-refractivity contribution is 1.00. The van der Waals surface area contributed by atoms with Gasteiger partial charge in [0.05, 0.1) is 0 Å². The highest BCUT2D eigenvalue weighted by Crippen LogP contribution is 2.02. The summed E-state index contributed by atoms with van der Waals surface area (Å²) in [6.45, 7) is 14.0. The number of hydrogen-bond acceptors (Lipinski definition) is 3. The Bertz CT molecular complexity index is 278. The Morgan fingerprint density at radius 2 is 1.33 bits per heavy atom. The summed E-state index contributed by atoms with van der Waals surface area (Å²) >= 11 is 0. The Labute approximate surface area is 112 Å². The molecule has 0 radical (unpaired) electrons. The maximum atomic E-state index is 5.19. The molecule has 18 heavy (non-hydrogen) atoms. The Morgan fingerprint density at radius 1 is 0.944 bits per heavy atom. The molecule has 0 amide bonds. The molecule has 0 unspecified atom stereocenters. The molecule has 0 aliphatic heterocycles. The van der Waals surface area contributed by atoms with Crippen molar-refractivity contribution in [1.29, 1.82) is 0 Å². The van der Waals surface area contributed by atoms with E-state index in [1.165, 1.54) is 5.56 Å². The molecule has 0 saturated carbocycles. The van der Waals surface area contributed by atoms with Gasteiger partial charge in [0.1, 0.15) is 0 Å². The van der Waals surface area contributed by atoms with Gasteiger partial charge in [-0.2, -0.15) is 5.10 Å². The molecule has 0 aliphatic carbocycles. The van der Waals surface area contributed by atoms with E-state index in [0.717, 1.165) is 5.56 Å². The van der Waals surface area contributed by atoms with Crippen LogP contribution in [-0.4, -0.2) is 5.84 Å². The van der Waals surface area contributed by atoms with Gasteiger partial charge in [0.25, 0.3) is 0 Å². The normalized spacial score (nSPS) is 8.56. The molecule has 0 aliphatic rings. The Morgan fingerprint density at radius 3 is 1.61 bits per heavy atom.